The Bertz CT molecular complexity index is 420. The highest BCUT2D eigenvalue weighted by Crippen LogP contribution is 2.28. The second-order valence-corrected chi connectivity index (χ2v) is 7.19. The fraction of sp³-hybridized carbons (Fsp3) is 0.786. The molecule has 120 valence electrons. The minimum absolute atomic E-state index is 0.0716. The second-order valence-electron chi connectivity index (χ2n) is 6.19. The number of carbonyl (C=O) groups is 3. The topological polar surface area (TPSA) is 77.9 Å². The molecule has 0 aromatic rings. The standard InChI is InChI=1S/C14H24N2O4S/c1-5-6-15(7-11(17)18)12(19)10-8-21-9-16(10)13(20)14(2,3)4/h10H,5-9H2,1-4H3,(H,17,18). The molecule has 1 aliphatic rings. The summed E-state index contributed by atoms with van der Waals surface area (Å²) in [6.45, 7) is 7.43. The van der Waals surface area contributed by atoms with Crippen LogP contribution >= 0.6 is 11.8 Å². The van der Waals surface area contributed by atoms with Gasteiger partial charge < -0.3 is 14.9 Å². The number of thioether (sulfide) groups is 1. The van der Waals surface area contributed by atoms with E-state index >= 15 is 0 Å². The zero-order valence-electron chi connectivity index (χ0n) is 13.1. The molecule has 0 aromatic heterocycles. The number of hydrogen-bond donors (Lipinski definition) is 1. The first kappa shape index (κ1) is 17.8. The van der Waals surface area contributed by atoms with E-state index in [2.05, 4.69) is 0 Å². The molecule has 21 heavy (non-hydrogen) atoms. The first-order valence-corrected chi connectivity index (χ1v) is 8.23. The molecule has 6 nitrogen and oxygen atoms in total. The van der Waals surface area contributed by atoms with E-state index in [-0.39, 0.29) is 18.4 Å². The van der Waals surface area contributed by atoms with Crippen molar-refractivity contribution in [3.05, 3.63) is 0 Å². The summed E-state index contributed by atoms with van der Waals surface area (Å²) < 4.78 is 0. The Morgan fingerprint density at radius 1 is 1.33 bits per heavy atom. The van der Waals surface area contributed by atoms with Crippen LogP contribution in [-0.4, -0.2) is 63.5 Å². The van der Waals surface area contributed by atoms with Crippen LogP contribution in [-0.2, 0) is 14.4 Å². The van der Waals surface area contributed by atoms with E-state index in [1.807, 2.05) is 27.7 Å². The van der Waals surface area contributed by atoms with Gasteiger partial charge in [0.05, 0.1) is 5.88 Å². The zero-order valence-corrected chi connectivity index (χ0v) is 13.9. The van der Waals surface area contributed by atoms with Crippen molar-refractivity contribution < 1.29 is 19.5 Å². The van der Waals surface area contributed by atoms with Crippen molar-refractivity contribution in [3.8, 4) is 0 Å². The van der Waals surface area contributed by atoms with Gasteiger partial charge in [-0.25, -0.2) is 0 Å². The molecule has 0 radical (unpaired) electrons. The van der Waals surface area contributed by atoms with Gasteiger partial charge in [0.1, 0.15) is 12.6 Å². The molecule has 0 saturated carbocycles. The van der Waals surface area contributed by atoms with Crippen LogP contribution in [0.4, 0.5) is 0 Å². The van der Waals surface area contributed by atoms with Crippen molar-refractivity contribution in [3.63, 3.8) is 0 Å². The number of hydrogen-bond acceptors (Lipinski definition) is 4. The first-order chi connectivity index (χ1) is 9.68. The monoisotopic (exact) mass is 316 g/mol. The summed E-state index contributed by atoms with van der Waals surface area (Å²) in [6, 6.07) is -0.548. The van der Waals surface area contributed by atoms with E-state index in [1.54, 1.807) is 4.90 Å². The smallest absolute Gasteiger partial charge is 0.323 e. The lowest BCUT2D eigenvalue weighted by Crippen LogP contribution is -2.52. The van der Waals surface area contributed by atoms with Crippen LogP contribution in [0, 0.1) is 5.41 Å². The molecule has 1 saturated heterocycles. The fourth-order valence-electron chi connectivity index (χ4n) is 2.19. The molecule has 1 heterocycles. The van der Waals surface area contributed by atoms with E-state index in [4.69, 9.17) is 5.11 Å². The molecular weight excluding hydrogens is 292 g/mol. The second kappa shape index (κ2) is 7.15. The van der Waals surface area contributed by atoms with Gasteiger partial charge in [0.2, 0.25) is 11.8 Å². The van der Waals surface area contributed by atoms with Crippen LogP contribution < -0.4 is 0 Å². The summed E-state index contributed by atoms with van der Waals surface area (Å²) in [5.41, 5.74) is -0.550. The van der Waals surface area contributed by atoms with Gasteiger partial charge in [-0.05, 0) is 6.42 Å². The van der Waals surface area contributed by atoms with Gasteiger partial charge in [-0.2, -0.15) is 0 Å². The van der Waals surface area contributed by atoms with E-state index in [0.717, 1.165) is 0 Å². The van der Waals surface area contributed by atoms with Crippen molar-refractivity contribution in [1.29, 1.82) is 0 Å². The number of nitrogens with zero attached hydrogens (tertiary/aromatic N) is 2. The lowest BCUT2D eigenvalue weighted by atomic mass is 9.94. The molecular formula is C14H24N2O4S. The average Bonchev–Trinajstić information content (AvgIpc) is 2.83. The van der Waals surface area contributed by atoms with Gasteiger partial charge >= 0.3 is 5.97 Å². The fourth-order valence-corrected chi connectivity index (χ4v) is 3.33. The van der Waals surface area contributed by atoms with Gasteiger partial charge in [-0.15, -0.1) is 11.8 Å². The van der Waals surface area contributed by atoms with Crippen LogP contribution in [0.2, 0.25) is 0 Å². The number of carbonyl (C=O) groups excluding carboxylic acids is 2. The number of aliphatic carboxylic acids is 1. The molecule has 1 unspecified atom stereocenters. The minimum atomic E-state index is -1.03. The number of carboxylic acids is 1. The van der Waals surface area contributed by atoms with Crippen LogP contribution in [0.5, 0.6) is 0 Å². The summed E-state index contributed by atoms with van der Waals surface area (Å²) in [5, 5.41) is 8.93. The summed E-state index contributed by atoms with van der Waals surface area (Å²) >= 11 is 1.53. The molecule has 0 bridgehead atoms. The van der Waals surface area contributed by atoms with Crippen LogP contribution in [0.15, 0.2) is 0 Å². The van der Waals surface area contributed by atoms with Gasteiger partial charge in [0.25, 0.3) is 0 Å². The molecule has 2 amide bonds. The maximum Gasteiger partial charge on any atom is 0.323 e. The quantitative estimate of drug-likeness (QED) is 0.826. The van der Waals surface area contributed by atoms with E-state index in [1.165, 1.54) is 16.7 Å². The van der Waals surface area contributed by atoms with Gasteiger partial charge in [0, 0.05) is 17.7 Å². The highest BCUT2D eigenvalue weighted by molar-refractivity contribution is 7.99. The number of carboxylic acid groups (broad SMARTS) is 1. The third-order valence-electron chi connectivity index (χ3n) is 3.20. The summed E-state index contributed by atoms with van der Waals surface area (Å²) in [6.07, 6.45) is 0.687. The molecule has 1 N–H and O–H groups in total. The average molecular weight is 316 g/mol. The predicted octanol–water partition coefficient (Wildman–Crippen LogP) is 1.26. The van der Waals surface area contributed by atoms with Crippen molar-refractivity contribution in [2.24, 2.45) is 5.41 Å². The van der Waals surface area contributed by atoms with Crippen LogP contribution in [0.25, 0.3) is 0 Å². The molecule has 0 aliphatic carbocycles. The third-order valence-corrected chi connectivity index (χ3v) is 4.21. The lowest BCUT2D eigenvalue weighted by molar-refractivity contribution is -0.150. The van der Waals surface area contributed by atoms with Crippen molar-refractivity contribution in [2.75, 3.05) is 24.7 Å². The van der Waals surface area contributed by atoms with E-state index < -0.39 is 17.4 Å². The Hall–Kier alpha value is -1.24. The maximum atomic E-state index is 12.6. The Kier molecular flexibility index (Phi) is 6.07. The molecule has 7 heteroatoms. The van der Waals surface area contributed by atoms with Gasteiger partial charge in [-0.1, -0.05) is 27.7 Å². The zero-order chi connectivity index (χ0) is 16.2. The predicted molar refractivity (Wildman–Crippen MR) is 81.9 cm³/mol. The van der Waals surface area contributed by atoms with Gasteiger partial charge in [0.15, 0.2) is 0 Å². The van der Waals surface area contributed by atoms with Crippen LogP contribution in [0.1, 0.15) is 34.1 Å². The molecule has 1 rings (SSSR count). The Balaban J connectivity index is 2.87. The molecule has 1 atom stereocenters. The lowest BCUT2D eigenvalue weighted by Gasteiger charge is -2.32. The largest absolute Gasteiger partial charge is 0.480 e. The number of rotatable bonds is 5. The number of amides is 2. The molecule has 0 aromatic carbocycles. The van der Waals surface area contributed by atoms with Crippen molar-refractivity contribution >= 4 is 29.5 Å². The van der Waals surface area contributed by atoms with Crippen molar-refractivity contribution in [2.45, 2.75) is 40.2 Å². The summed E-state index contributed by atoms with van der Waals surface area (Å²) in [5.74, 6) is -0.351. The Labute approximate surface area is 129 Å². The SMILES string of the molecule is CCCN(CC(=O)O)C(=O)C1CSCN1C(=O)C(C)(C)C. The first-order valence-electron chi connectivity index (χ1n) is 7.08. The van der Waals surface area contributed by atoms with E-state index in [0.29, 0.717) is 24.6 Å². The normalized spacial score (nSPS) is 18.7. The highest BCUT2D eigenvalue weighted by atomic mass is 32.2. The molecule has 1 aliphatic heterocycles. The minimum Gasteiger partial charge on any atom is -0.480 e. The molecule has 1 fully saturated rings. The van der Waals surface area contributed by atoms with Gasteiger partial charge in [-0.3, -0.25) is 14.4 Å². The third kappa shape index (κ3) is 4.62. The maximum absolute atomic E-state index is 12.6. The summed E-state index contributed by atoms with van der Waals surface area (Å²) in [7, 11) is 0. The van der Waals surface area contributed by atoms with E-state index in [9.17, 15) is 14.4 Å². The summed E-state index contributed by atoms with van der Waals surface area (Å²) in [4.78, 5) is 38.8. The molecule has 0 spiro atoms. The Morgan fingerprint density at radius 2 is 1.95 bits per heavy atom. The Morgan fingerprint density at radius 3 is 2.43 bits per heavy atom. The van der Waals surface area contributed by atoms with Crippen LogP contribution in [0.3, 0.4) is 0 Å². The highest BCUT2D eigenvalue weighted by Gasteiger charge is 2.40. The van der Waals surface area contributed by atoms with Crippen molar-refractivity contribution in [1.82, 2.24) is 9.80 Å².